The van der Waals surface area contributed by atoms with Crippen molar-refractivity contribution in [2.24, 2.45) is 0 Å². The van der Waals surface area contributed by atoms with Crippen molar-refractivity contribution in [3.8, 4) is 11.4 Å². The van der Waals surface area contributed by atoms with Crippen LogP contribution in [0.5, 0.6) is 0 Å². The van der Waals surface area contributed by atoms with Crippen LogP contribution in [0.1, 0.15) is 24.7 Å². The summed E-state index contributed by atoms with van der Waals surface area (Å²) in [6.07, 6.45) is 5.07. The molecule has 1 unspecified atom stereocenters. The fraction of sp³-hybridized carbons (Fsp3) is 0.222. The zero-order valence-corrected chi connectivity index (χ0v) is 13.9. The maximum atomic E-state index is 13.0. The molecule has 4 rings (SSSR count). The van der Waals surface area contributed by atoms with Crippen molar-refractivity contribution in [3.05, 3.63) is 60.4 Å². The number of H-pyrrole nitrogens is 1. The van der Waals surface area contributed by atoms with Crippen molar-refractivity contribution in [2.45, 2.75) is 18.9 Å². The molecule has 1 aliphatic rings. The molecule has 8 heteroatoms. The van der Waals surface area contributed by atoms with Crippen LogP contribution in [0.15, 0.2) is 48.8 Å². The first-order chi connectivity index (χ1) is 12.7. The Balaban J connectivity index is 1.50. The fourth-order valence-electron chi connectivity index (χ4n) is 3.07. The third kappa shape index (κ3) is 3.26. The highest BCUT2D eigenvalue weighted by molar-refractivity contribution is 5.89. The van der Waals surface area contributed by atoms with Gasteiger partial charge < -0.3 is 10.2 Å². The number of halogens is 1. The maximum absolute atomic E-state index is 13.0. The van der Waals surface area contributed by atoms with Crippen molar-refractivity contribution >= 4 is 11.7 Å². The molecule has 0 spiro atoms. The van der Waals surface area contributed by atoms with Gasteiger partial charge in [0.15, 0.2) is 5.82 Å². The van der Waals surface area contributed by atoms with Gasteiger partial charge in [-0.25, -0.2) is 14.2 Å². The third-order valence-electron chi connectivity index (χ3n) is 4.35. The van der Waals surface area contributed by atoms with E-state index < -0.39 is 0 Å². The summed E-state index contributed by atoms with van der Waals surface area (Å²) in [7, 11) is 0. The molecule has 3 heterocycles. The third-order valence-corrected chi connectivity index (χ3v) is 4.35. The van der Waals surface area contributed by atoms with Gasteiger partial charge in [0.05, 0.1) is 6.04 Å². The van der Waals surface area contributed by atoms with E-state index in [0.717, 1.165) is 18.4 Å². The van der Waals surface area contributed by atoms with Gasteiger partial charge in [-0.3, -0.25) is 10.1 Å². The average Bonchev–Trinajstić information content (AvgIpc) is 3.33. The lowest BCUT2D eigenvalue weighted by atomic mass is 10.2. The number of nitrogens with one attached hydrogen (secondary N) is 2. The standard InChI is InChI=1S/C18H17FN6O/c19-13-5-7-14(8-6-13)21-18(26)25-10-2-4-15(25)17-22-16(23-24-17)12-3-1-9-20-11-12/h1,3,5-9,11,15H,2,4,10H2,(H,21,26)(H,22,23,24). The van der Waals surface area contributed by atoms with Crippen LogP contribution in [-0.2, 0) is 0 Å². The second kappa shape index (κ2) is 6.91. The van der Waals surface area contributed by atoms with Gasteiger partial charge in [0.25, 0.3) is 0 Å². The molecule has 3 aromatic rings. The molecule has 0 radical (unpaired) electrons. The zero-order chi connectivity index (χ0) is 17.9. The van der Waals surface area contributed by atoms with E-state index in [1.807, 2.05) is 12.1 Å². The summed E-state index contributed by atoms with van der Waals surface area (Å²) in [5, 5.41) is 9.98. The first kappa shape index (κ1) is 16.2. The summed E-state index contributed by atoms with van der Waals surface area (Å²) in [6, 6.07) is 8.99. The second-order valence-corrected chi connectivity index (χ2v) is 6.07. The molecule has 0 aliphatic carbocycles. The summed E-state index contributed by atoms with van der Waals surface area (Å²) in [5.74, 6) is 0.862. The highest BCUT2D eigenvalue weighted by Crippen LogP contribution is 2.31. The normalized spacial score (nSPS) is 16.7. The molecular formula is C18H17FN6O. The number of benzene rings is 1. The molecule has 1 aliphatic heterocycles. The molecule has 1 aromatic carbocycles. The predicted molar refractivity (Wildman–Crippen MR) is 93.7 cm³/mol. The molecule has 0 bridgehead atoms. The number of pyridine rings is 1. The number of carbonyl (C=O) groups excluding carboxylic acids is 1. The van der Waals surface area contributed by atoms with Crippen LogP contribution in [0.4, 0.5) is 14.9 Å². The van der Waals surface area contributed by atoms with Crippen LogP contribution in [0.2, 0.25) is 0 Å². The number of aromatic nitrogens is 4. The summed E-state index contributed by atoms with van der Waals surface area (Å²) in [6.45, 7) is 0.626. The number of amides is 2. The van der Waals surface area contributed by atoms with Crippen LogP contribution in [0.25, 0.3) is 11.4 Å². The lowest BCUT2D eigenvalue weighted by molar-refractivity contribution is 0.205. The number of hydrogen-bond donors (Lipinski definition) is 2. The van der Waals surface area contributed by atoms with E-state index in [1.165, 1.54) is 24.3 Å². The van der Waals surface area contributed by atoms with Gasteiger partial charge in [0.2, 0.25) is 0 Å². The first-order valence-corrected chi connectivity index (χ1v) is 8.36. The molecule has 26 heavy (non-hydrogen) atoms. The monoisotopic (exact) mass is 352 g/mol. The second-order valence-electron chi connectivity index (χ2n) is 6.07. The Morgan fingerprint density at radius 3 is 2.88 bits per heavy atom. The van der Waals surface area contributed by atoms with E-state index in [-0.39, 0.29) is 17.9 Å². The van der Waals surface area contributed by atoms with Gasteiger partial charge in [-0.2, -0.15) is 5.10 Å². The minimum atomic E-state index is -0.341. The minimum Gasteiger partial charge on any atom is -0.314 e. The molecule has 0 saturated carbocycles. The predicted octanol–water partition coefficient (Wildman–Crippen LogP) is 3.37. The Hall–Kier alpha value is -3.29. The van der Waals surface area contributed by atoms with Gasteiger partial charge in [0, 0.05) is 30.2 Å². The van der Waals surface area contributed by atoms with Crippen molar-refractivity contribution in [2.75, 3.05) is 11.9 Å². The number of aromatic amines is 1. The largest absolute Gasteiger partial charge is 0.322 e. The van der Waals surface area contributed by atoms with Crippen LogP contribution >= 0.6 is 0 Å². The van der Waals surface area contributed by atoms with Crippen molar-refractivity contribution < 1.29 is 9.18 Å². The fourth-order valence-corrected chi connectivity index (χ4v) is 3.07. The molecule has 2 N–H and O–H groups in total. The number of carbonyl (C=O) groups is 1. The first-order valence-electron chi connectivity index (χ1n) is 8.36. The van der Waals surface area contributed by atoms with Crippen molar-refractivity contribution in [1.29, 1.82) is 0 Å². The molecule has 7 nitrogen and oxygen atoms in total. The molecule has 1 atom stereocenters. The Morgan fingerprint density at radius 2 is 2.12 bits per heavy atom. The van der Waals surface area contributed by atoms with Crippen molar-refractivity contribution in [1.82, 2.24) is 25.1 Å². The molecule has 2 aromatic heterocycles. The van der Waals surface area contributed by atoms with Crippen LogP contribution in [0.3, 0.4) is 0 Å². The van der Waals surface area contributed by atoms with Gasteiger partial charge in [-0.1, -0.05) is 0 Å². The minimum absolute atomic E-state index is 0.173. The van der Waals surface area contributed by atoms with Crippen LogP contribution in [-0.4, -0.2) is 37.6 Å². The lowest BCUT2D eigenvalue weighted by Gasteiger charge is -2.23. The molecule has 132 valence electrons. The van der Waals surface area contributed by atoms with Crippen molar-refractivity contribution in [3.63, 3.8) is 0 Å². The van der Waals surface area contributed by atoms with E-state index in [0.29, 0.717) is 23.9 Å². The van der Waals surface area contributed by atoms with E-state index in [2.05, 4.69) is 25.5 Å². The highest BCUT2D eigenvalue weighted by atomic mass is 19.1. The van der Waals surface area contributed by atoms with E-state index in [9.17, 15) is 9.18 Å². The Bertz CT molecular complexity index is 896. The Morgan fingerprint density at radius 1 is 1.27 bits per heavy atom. The lowest BCUT2D eigenvalue weighted by Crippen LogP contribution is -2.34. The molecule has 1 fully saturated rings. The number of anilines is 1. The zero-order valence-electron chi connectivity index (χ0n) is 13.9. The smallest absolute Gasteiger partial charge is 0.314 e. The van der Waals surface area contributed by atoms with E-state index >= 15 is 0 Å². The highest BCUT2D eigenvalue weighted by Gasteiger charge is 2.32. The summed E-state index contributed by atoms with van der Waals surface area (Å²) in [5.41, 5.74) is 1.37. The summed E-state index contributed by atoms with van der Waals surface area (Å²) in [4.78, 5) is 22.9. The quantitative estimate of drug-likeness (QED) is 0.756. The number of rotatable bonds is 3. The van der Waals surface area contributed by atoms with Gasteiger partial charge in [0.1, 0.15) is 11.6 Å². The molecular weight excluding hydrogens is 335 g/mol. The number of hydrogen-bond acceptors (Lipinski definition) is 4. The van der Waals surface area contributed by atoms with E-state index in [1.54, 1.807) is 17.3 Å². The van der Waals surface area contributed by atoms with Crippen LogP contribution in [0, 0.1) is 5.82 Å². The Labute approximate surface area is 149 Å². The number of nitrogens with zero attached hydrogens (tertiary/aromatic N) is 4. The van der Waals surface area contributed by atoms with E-state index in [4.69, 9.17) is 0 Å². The number of urea groups is 1. The molecule has 1 saturated heterocycles. The van der Waals surface area contributed by atoms with Crippen LogP contribution < -0.4 is 5.32 Å². The SMILES string of the molecule is O=C(Nc1ccc(F)cc1)N1CCCC1c1nc(-c2cccnc2)n[nH]1. The Kier molecular flexibility index (Phi) is 4.30. The number of likely N-dealkylation sites (tertiary alicyclic amines) is 1. The van der Waals surface area contributed by atoms with Gasteiger partial charge in [-0.15, -0.1) is 0 Å². The van der Waals surface area contributed by atoms with Gasteiger partial charge >= 0.3 is 6.03 Å². The molecule has 2 amide bonds. The summed E-state index contributed by atoms with van der Waals surface area (Å²) >= 11 is 0. The topological polar surface area (TPSA) is 86.8 Å². The summed E-state index contributed by atoms with van der Waals surface area (Å²) < 4.78 is 13.0. The maximum Gasteiger partial charge on any atom is 0.322 e. The average molecular weight is 352 g/mol. The van der Waals surface area contributed by atoms with Gasteiger partial charge in [-0.05, 0) is 49.2 Å².